The summed E-state index contributed by atoms with van der Waals surface area (Å²) in [5, 5.41) is 3.36. The van der Waals surface area contributed by atoms with Crippen LogP contribution in [0.5, 0.6) is 0 Å². The van der Waals surface area contributed by atoms with E-state index in [0.29, 0.717) is 12.6 Å². The lowest BCUT2D eigenvalue weighted by Crippen LogP contribution is -2.58. The third kappa shape index (κ3) is 1.91. The van der Waals surface area contributed by atoms with Gasteiger partial charge in [0.15, 0.2) is 0 Å². The molecule has 1 heterocycles. The minimum absolute atomic E-state index is 0.177. The van der Waals surface area contributed by atoms with Crippen LogP contribution in [0.4, 0.5) is 0 Å². The lowest BCUT2D eigenvalue weighted by atomic mass is 9.92. The molecule has 1 saturated carbocycles. The van der Waals surface area contributed by atoms with E-state index < -0.39 is 5.54 Å². The Kier molecular flexibility index (Phi) is 2.74. The quantitative estimate of drug-likeness (QED) is 0.671. The molecular weight excluding hydrogens is 182 g/mol. The molecule has 4 nitrogen and oxygen atoms in total. The van der Waals surface area contributed by atoms with Gasteiger partial charge in [-0.2, -0.15) is 0 Å². The molecule has 1 atom stereocenters. The smallest absolute Gasteiger partial charge is 0.328 e. The van der Waals surface area contributed by atoms with E-state index in [4.69, 9.17) is 9.47 Å². The lowest BCUT2D eigenvalue weighted by molar-refractivity contribution is -0.154. The van der Waals surface area contributed by atoms with Crippen molar-refractivity contribution in [3.63, 3.8) is 0 Å². The molecule has 1 saturated heterocycles. The zero-order chi connectivity index (χ0) is 10.0. The molecule has 0 spiro atoms. The summed E-state index contributed by atoms with van der Waals surface area (Å²) in [6.07, 6.45) is 4.09. The summed E-state index contributed by atoms with van der Waals surface area (Å²) < 4.78 is 10.2. The van der Waals surface area contributed by atoms with E-state index >= 15 is 0 Å². The number of esters is 1. The first-order chi connectivity index (χ1) is 6.77. The van der Waals surface area contributed by atoms with E-state index in [2.05, 4.69) is 5.32 Å². The van der Waals surface area contributed by atoms with Crippen molar-refractivity contribution in [2.24, 2.45) is 0 Å². The highest BCUT2D eigenvalue weighted by Gasteiger charge is 2.44. The molecule has 0 amide bonds. The van der Waals surface area contributed by atoms with Crippen molar-refractivity contribution in [1.29, 1.82) is 0 Å². The Morgan fingerprint density at radius 3 is 2.86 bits per heavy atom. The van der Waals surface area contributed by atoms with Crippen molar-refractivity contribution >= 4 is 5.97 Å². The number of nitrogens with one attached hydrogen (secondary N) is 1. The van der Waals surface area contributed by atoms with Crippen LogP contribution in [-0.4, -0.2) is 37.9 Å². The first-order valence-corrected chi connectivity index (χ1v) is 5.21. The summed E-state index contributed by atoms with van der Waals surface area (Å²) in [5.74, 6) is -0.177. The molecule has 1 aliphatic heterocycles. The molecule has 0 bridgehead atoms. The van der Waals surface area contributed by atoms with Crippen molar-refractivity contribution in [1.82, 2.24) is 5.32 Å². The van der Waals surface area contributed by atoms with Crippen LogP contribution in [0.1, 0.15) is 25.7 Å². The number of carbonyl (C=O) groups excluding carboxylic acids is 1. The van der Waals surface area contributed by atoms with Crippen LogP contribution in [0.2, 0.25) is 0 Å². The van der Waals surface area contributed by atoms with Gasteiger partial charge in [-0.25, -0.2) is 4.79 Å². The van der Waals surface area contributed by atoms with Gasteiger partial charge in [0.05, 0.1) is 13.7 Å². The second-order valence-electron chi connectivity index (χ2n) is 4.15. The van der Waals surface area contributed by atoms with Crippen molar-refractivity contribution in [3.8, 4) is 0 Å². The highest BCUT2D eigenvalue weighted by molar-refractivity contribution is 5.81. The van der Waals surface area contributed by atoms with Crippen LogP contribution >= 0.6 is 0 Å². The van der Waals surface area contributed by atoms with Crippen LogP contribution in [0.25, 0.3) is 0 Å². The first-order valence-electron chi connectivity index (χ1n) is 5.21. The Hall–Kier alpha value is -0.610. The molecule has 1 N–H and O–H groups in total. The summed E-state index contributed by atoms with van der Waals surface area (Å²) in [4.78, 5) is 11.7. The maximum Gasteiger partial charge on any atom is 0.328 e. The second kappa shape index (κ2) is 3.87. The number of methoxy groups -OCH3 is 1. The van der Waals surface area contributed by atoms with Crippen LogP contribution < -0.4 is 5.32 Å². The first kappa shape index (κ1) is 9.93. The van der Waals surface area contributed by atoms with Gasteiger partial charge in [0.2, 0.25) is 0 Å². The summed E-state index contributed by atoms with van der Waals surface area (Å²) in [6, 6.07) is 0.496. The average molecular weight is 199 g/mol. The van der Waals surface area contributed by atoms with Gasteiger partial charge >= 0.3 is 5.97 Å². The molecule has 0 aromatic rings. The summed E-state index contributed by atoms with van der Waals surface area (Å²) >= 11 is 0. The zero-order valence-corrected chi connectivity index (χ0v) is 8.54. The van der Waals surface area contributed by atoms with Crippen LogP contribution in [0.15, 0.2) is 0 Å². The summed E-state index contributed by atoms with van der Waals surface area (Å²) in [6.45, 7) is 1.21. The van der Waals surface area contributed by atoms with E-state index in [1.807, 2.05) is 0 Å². The molecule has 0 aromatic carbocycles. The maximum atomic E-state index is 11.7. The van der Waals surface area contributed by atoms with E-state index in [1.54, 1.807) is 0 Å². The fourth-order valence-corrected chi connectivity index (χ4v) is 1.94. The van der Waals surface area contributed by atoms with Crippen molar-refractivity contribution in [2.45, 2.75) is 37.3 Å². The predicted octanol–water partition coefficient (Wildman–Crippen LogP) is 0.461. The molecule has 2 rings (SSSR count). The zero-order valence-electron chi connectivity index (χ0n) is 8.54. The molecule has 14 heavy (non-hydrogen) atoms. The summed E-state index contributed by atoms with van der Waals surface area (Å²) in [5.41, 5.74) is -0.561. The Bertz CT molecular complexity index is 219. The van der Waals surface area contributed by atoms with Gasteiger partial charge < -0.3 is 9.47 Å². The minimum atomic E-state index is -0.561. The van der Waals surface area contributed by atoms with Crippen LogP contribution in [0.3, 0.4) is 0 Å². The third-order valence-corrected chi connectivity index (χ3v) is 2.87. The lowest BCUT2D eigenvalue weighted by Gasteiger charge is -2.35. The number of hydrogen-bond acceptors (Lipinski definition) is 4. The molecule has 2 aliphatic rings. The number of hydrogen-bond donors (Lipinski definition) is 1. The van der Waals surface area contributed by atoms with Gasteiger partial charge in [-0.1, -0.05) is 0 Å². The molecular formula is C10H17NO3. The molecule has 2 fully saturated rings. The molecule has 4 heteroatoms. The van der Waals surface area contributed by atoms with Gasteiger partial charge in [-0.3, -0.25) is 5.32 Å². The van der Waals surface area contributed by atoms with E-state index in [0.717, 1.165) is 19.4 Å². The highest BCUT2D eigenvalue weighted by atomic mass is 16.5. The fourth-order valence-electron chi connectivity index (χ4n) is 1.94. The Labute approximate surface area is 84.0 Å². The Balaban J connectivity index is 2.04. The highest BCUT2D eigenvalue weighted by Crippen LogP contribution is 2.28. The van der Waals surface area contributed by atoms with Crippen molar-refractivity contribution in [2.75, 3.05) is 20.3 Å². The molecule has 1 unspecified atom stereocenters. The van der Waals surface area contributed by atoms with E-state index in [-0.39, 0.29) is 5.97 Å². The SMILES string of the molecule is COC(=O)C1(NC2CC2)CCCOC1. The van der Waals surface area contributed by atoms with E-state index in [9.17, 15) is 4.79 Å². The fraction of sp³-hybridized carbons (Fsp3) is 0.900. The monoisotopic (exact) mass is 199 g/mol. The van der Waals surface area contributed by atoms with Crippen LogP contribution in [-0.2, 0) is 14.3 Å². The molecule has 80 valence electrons. The third-order valence-electron chi connectivity index (χ3n) is 2.87. The molecule has 0 radical (unpaired) electrons. The van der Waals surface area contributed by atoms with Crippen molar-refractivity contribution in [3.05, 3.63) is 0 Å². The topological polar surface area (TPSA) is 47.6 Å². The second-order valence-corrected chi connectivity index (χ2v) is 4.15. The number of rotatable bonds is 3. The Morgan fingerprint density at radius 2 is 2.36 bits per heavy atom. The van der Waals surface area contributed by atoms with Crippen LogP contribution in [0, 0.1) is 0 Å². The van der Waals surface area contributed by atoms with Crippen molar-refractivity contribution < 1.29 is 14.3 Å². The van der Waals surface area contributed by atoms with Gasteiger partial charge in [-0.15, -0.1) is 0 Å². The van der Waals surface area contributed by atoms with Gasteiger partial charge in [-0.05, 0) is 25.7 Å². The average Bonchev–Trinajstić information content (AvgIpc) is 3.02. The van der Waals surface area contributed by atoms with Gasteiger partial charge in [0, 0.05) is 12.6 Å². The minimum Gasteiger partial charge on any atom is -0.468 e. The largest absolute Gasteiger partial charge is 0.468 e. The van der Waals surface area contributed by atoms with Gasteiger partial charge in [0.25, 0.3) is 0 Å². The maximum absolute atomic E-state index is 11.7. The number of carbonyl (C=O) groups is 1. The van der Waals surface area contributed by atoms with Gasteiger partial charge in [0.1, 0.15) is 5.54 Å². The Morgan fingerprint density at radius 1 is 1.57 bits per heavy atom. The normalized spacial score (nSPS) is 32.6. The predicted molar refractivity (Wildman–Crippen MR) is 51.0 cm³/mol. The summed E-state index contributed by atoms with van der Waals surface area (Å²) in [7, 11) is 1.44. The van der Waals surface area contributed by atoms with E-state index in [1.165, 1.54) is 20.0 Å². The molecule has 1 aliphatic carbocycles. The molecule has 0 aromatic heterocycles. The standard InChI is InChI=1S/C10H17NO3/c1-13-9(12)10(11-8-3-4-8)5-2-6-14-7-10/h8,11H,2-7H2,1H3. The number of ether oxygens (including phenoxy) is 2.